The van der Waals surface area contributed by atoms with Crippen molar-refractivity contribution in [2.75, 3.05) is 13.1 Å². The zero-order valence-electron chi connectivity index (χ0n) is 8.54. The summed E-state index contributed by atoms with van der Waals surface area (Å²) < 4.78 is 0. The van der Waals surface area contributed by atoms with Gasteiger partial charge in [0.15, 0.2) is 0 Å². The van der Waals surface area contributed by atoms with Crippen LogP contribution in [0.2, 0.25) is 0 Å². The van der Waals surface area contributed by atoms with Crippen LogP contribution in [0.5, 0.6) is 0 Å². The molecule has 1 aliphatic heterocycles. The number of rotatable bonds is 2. The third-order valence-electron chi connectivity index (χ3n) is 3.74. The number of nitrogens with zero attached hydrogens (tertiary/aromatic N) is 1. The first-order valence-corrected chi connectivity index (χ1v) is 5.87. The van der Waals surface area contributed by atoms with Crippen LogP contribution in [0.1, 0.15) is 44.9 Å². The van der Waals surface area contributed by atoms with Crippen molar-refractivity contribution >= 4 is 0 Å². The van der Waals surface area contributed by atoms with Crippen molar-refractivity contribution in [1.82, 2.24) is 4.90 Å². The van der Waals surface area contributed by atoms with Gasteiger partial charge in [-0.3, -0.25) is 4.90 Å². The summed E-state index contributed by atoms with van der Waals surface area (Å²) >= 11 is 0. The predicted molar refractivity (Wildman–Crippen MR) is 55.7 cm³/mol. The van der Waals surface area contributed by atoms with Crippen LogP contribution in [0.15, 0.2) is 0 Å². The Balaban J connectivity index is 1.90. The van der Waals surface area contributed by atoms with E-state index in [9.17, 15) is 0 Å². The van der Waals surface area contributed by atoms with E-state index in [1.165, 1.54) is 51.5 Å². The molecular weight excluding hydrogens is 160 g/mol. The largest absolute Gasteiger partial charge is 0.329 e. The van der Waals surface area contributed by atoms with E-state index in [0.29, 0.717) is 6.04 Å². The maximum atomic E-state index is 5.79. The van der Waals surface area contributed by atoms with E-state index >= 15 is 0 Å². The SMILES string of the molecule is NC[C@@H]1CCCN1C1CCCCC1. The van der Waals surface area contributed by atoms with Crippen molar-refractivity contribution in [2.24, 2.45) is 5.73 Å². The van der Waals surface area contributed by atoms with Gasteiger partial charge >= 0.3 is 0 Å². The van der Waals surface area contributed by atoms with Crippen molar-refractivity contribution < 1.29 is 0 Å². The molecule has 13 heavy (non-hydrogen) atoms. The fourth-order valence-corrected chi connectivity index (χ4v) is 3.00. The highest BCUT2D eigenvalue weighted by molar-refractivity contribution is 4.86. The van der Waals surface area contributed by atoms with Crippen LogP contribution in [0.3, 0.4) is 0 Å². The molecule has 0 bridgehead atoms. The Morgan fingerprint density at radius 3 is 2.46 bits per heavy atom. The number of likely N-dealkylation sites (tertiary alicyclic amines) is 1. The van der Waals surface area contributed by atoms with Crippen molar-refractivity contribution in [3.63, 3.8) is 0 Å². The maximum absolute atomic E-state index is 5.79. The van der Waals surface area contributed by atoms with Crippen LogP contribution in [0, 0.1) is 0 Å². The molecule has 0 unspecified atom stereocenters. The zero-order chi connectivity index (χ0) is 9.10. The maximum Gasteiger partial charge on any atom is 0.0221 e. The molecule has 0 spiro atoms. The first-order chi connectivity index (χ1) is 6.42. The molecule has 76 valence electrons. The molecule has 0 aromatic rings. The van der Waals surface area contributed by atoms with Crippen LogP contribution in [0.25, 0.3) is 0 Å². The van der Waals surface area contributed by atoms with Gasteiger partial charge in [0.25, 0.3) is 0 Å². The molecule has 1 aliphatic carbocycles. The lowest BCUT2D eigenvalue weighted by molar-refractivity contribution is 0.145. The van der Waals surface area contributed by atoms with Crippen molar-refractivity contribution in [2.45, 2.75) is 57.0 Å². The van der Waals surface area contributed by atoms with Crippen molar-refractivity contribution in [3.05, 3.63) is 0 Å². The van der Waals surface area contributed by atoms with Crippen LogP contribution >= 0.6 is 0 Å². The first kappa shape index (κ1) is 9.47. The van der Waals surface area contributed by atoms with E-state index in [1.807, 2.05) is 0 Å². The Morgan fingerprint density at radius 1 is 1.00 bits per heavy atom. The van der Waals surface area contributed by atoms with Gasteiger partial charge in [0.1, 0.15) is 0 Å². The van der Waals surface area contributed by atoms with Crippen LogP contribution in [-0.4, -0.2) is 30.1 Å². The zero-order valence-corrected chi connectivity index (χ0v) is 8.54. The molecule has 1 saturated heterocycles. The molecular formula is C11H22N2. The smallest absolute Gasteiger partial charge is 0.0221 e. The topological polar surface area (TPSA) is 29.3 Å². The molecule has 1 heterocycles. The predicted octanol–water partition coefficient (Wildman–Crippen LogP) is 1.74. The fourth-order valence-electron chi connectivity index (χ4n) is 3.00. The summed E-state index contributed by atoms with van der Waals surface area (Å²) in [5, 5.41) is 0. The van der Waals surface area contributed by atoms with Gasteiger partial charge in [0.2, 0.25) is 0 Å². The molecule has 2 rings (SSSR count). The first-order valence-electron chi connectivity index (χ1n) is 5.87. The molecule has 1 saturated carbocycles. The van der Waals surface area contributed by atoms with Crippen LogP contribution < -0.4 is 5.73 Å². The van der Waals surface area contributed by atoms with E-state index in [-0.39, 0.29) is 0 Å². The second kappa shape index (κ2) is 4.43. The molecule has 0 aromatic carbocycles. The van der Waals surface area contributed by atoms with E-state index in [2.05, 4.69) is 4.90 Å². The molecule has 0 radical (unpaired) electrons. The monoisotopic (exact) mass is 182 g/mol. The summed E-state index contributed by atoms with van der Waals surface area (Å²) in [7, 11) is 0. The van der Waals surface area contributed by atoms with E-state index < -0.39 is 0 Å². The molecule has 2 nitrogen and oxygen atoms in total. The molecule has 0 amide bonds. The summed E-state index contributed by atoms with van der Waals surface area (Å²) in [4.78, 5) is 2.69. The van der Waals surface area contributed by atoms with Gasteiger partial charge in [-0.15, -0.1) is 0 Å². The molecule has 0 aromatic heterocycles. The van der Waals surface area contributed by atoms with E-state index in [0.717, 1.165) is 12.6 Å². The summed E-state index contributed by atoms with van der Waals surface area (Å²) in [6.07, 6.45) is 9.91. The molecule has 2 N–H and O–H groups in total. The van der Waals surface area contributed by atoms with E-state index in [4.69, 9.17) is 5.73 Å². The average molecular weight is 182 g/mol. The van der Waals surface area contributed by atoms with Crippen molar-refractivity contribution in [3.8, 4) is 0 Å². The highest BCUT2D eigenvalue weighted by Crippen LogP contribution is 2.28. The second-order valence-corrected chi connectivity index (χ2v) is 4.56. The van der Waals surface area contributed by atoms with Gasteiger partial charge in [-0.05, 0) is 32.2 Å². The summed E-state index contributed by atoms with van der Waals surface area (Å²) in [6, 6.07) is 1.59. The Morgan fingerprint density at radius 2 is 1.77 bits per heavy atom. The minimum absolute atomic E-state index is 0.711. The Hall–Kier alpha value is -0.0800. The molecule has 2 fully saturated rings. The lowest BCUT2D eigenvalue weighted by Gasteiger charge is -2.35. The van der Waals surface area contributed by atoms with Crippen molar-refractivity contribution in [1.29, 1.82) is 0 Å². The number of hydrogen-bond donors (Lipinski definition) is 1. The summed E-state index contributed by atoms with van der Waals surface area (Å²) in [6.45, 7) is 2.18. The fraction of sp³-hybridized carbons (Fsp3) is 1.00. The number of hydrogen-bond acceptors (Lipinski definition) is 2. The Kier molecular flexibility index (Phi) is 3.23. The lowest BCUT2D eigenvalue weighted by Crippen LogP contribution is -2.43. The molecule has 2 heteroatoms. The van der Waals surface area contributed by atoms with Crippen LogP contribution in [-0.2, 0) is 0 Å². The lowest BCUT2D eigenvalue weighted by atomic mass is 9.94. The van der Waals surface area contributed by atoms with E-state index in [1.54, 1.807) is 0 Å². The highest BCUT2D eigenvalue weighted by Gasteiger charge is 2.30. The number of nitrogens with two attached hydrogens (primary N) is 1. The standard InChI is InChI=1S/C11H22N2/c12-9-11-7-4-8-13(11)10-5-2-1-3-6-10/h10-11H,1-9,12H2/t11-/m0/s1. The van der Waals surface area contributed by atoms with Gasteiger partial charge in [-0.1, -0.05) is 19.3 Å². The second-order valence-electron chi connectivity index (χ2n) is 4.56. The van der Waals surface area contributed by atoms with Gasteiger partial charge in [0, 0.05) is 18.6 Å². The third kappa shape index (κ3) is 2.05. The normalized spacial score (nSPS) is 32.5. The van der Waals surface area contributed by atoms with Gasteiger partial charge < -0.3 is 5.73 Å². The molecule has 2 aliphatic rings. The van der Waals surface area contributed by atoms with Crippen LogP contribution in [0.4, 0.5) is 0 Å². The minimum atomic E-state index is 0.711. The molecule has 1 atom stereocenters. The summed E-state index contributed by atoms with van der Waals surface area (Å²) in [5.74, 6) is 0. The third-order valence-corrected chi connectivity index (χ3v) is 3.74. The minimum Gasteiger partial charge on any atom is -0.329 e. The Bertz CT molecular complexity index is 152. The average Bonchev–Trinajstić information content (AvgIpc) is 2.67. The van der Waals surface area contributed by atoms with Gasteiger partial charge in [-0.25, -0.2) is 0 Å². The van der Waals surface area contributed by atoms with Gasteiger partial charge in [-0.2, -0.15) is 0 Å². The highest BCUT2D eigenvalue weighted by atomic mass is 15.2. The quantitative estimate of drug-likeness (QED) is 0.705. The Labute approximate surface area is 81.5 Å². The van der Waals surface area contributed by atoms with Gasteiger partial charge in [0.05, 0.1) is 0 Å². The summed E-state index contributed by atoms with van der Waals surface area (Å²) in [5.41, 5.74) is 5.79.